The standard InChI is InChI=1S/C12H9ClN4O4/c1-21-9-6-7(2-3-8(9)17(19)20)12(18)16-11-10(13)14-4-5-15-11/h2-6H,1H3,(H,15,16,18). The largest absolute Gasteiger partial charge is 0.490 e. The van der Waals surface area contributed by atoms with Crippen molar-refractivity contribution in [2.75, 3.05) is 12.4 Å². The molecule has 0 aliphatic heterocycles. The number of aromatic nitrogens is 2. The molecule has 2 rings (SSSR count). The fourth-order valence-corrected chi connectivity index (χ4v) is 1.71. The van der Waals surface area contributed by atoms with Crippen LogP contribution in [0.4, 0.5) is 11.5 Å². The second-order valence-electron chi connectivity index (χ2n) is 3.79. The smallest absolute Gasteiger partial charge is 0.310 e. The minimum Gasteiger partial charge on any atom is -0.490 e. The first-order chi connectivity index (χ1) is 10.0. The van der Waals surface area contributed by atoms with E-state index in [-0.39, 0.29) is 28.0 Å². The summed E-state index contributed by atoms with van der Waals surface area (Å²) in [7, 11) is 1.28. The lowest BCUT2D eigenvalue weighted by Crippen LogP contribution is -2.14. The number of methoxy groups -OCH3 is 1. The van der Waals surface area contributed by atoms with Crippen LogP contribution in [0.5, 0.6) is 5.75 Å². The first kappa shape index (κ1) is 14.7. The molecule has 1 heterocycles. The van der Waals surface area contributed by atoms with Crippen molar-refractivity contribution in [2.24, 2.45) is 0 Å². The third kappa shape index (κ3) is 3.23. The number of nitrogens with one attached hydrogen (secondary N) is 1. The summed E-state index contributed by atoms with van der Waals surface area (Å²) in [5.41, 5.74) is -0.0641. The minimum absolute atomic E-state index is 0.0158. The number of carbonyl (C=O) groups is 1. The van der Waals surface area contributed by atoms with Gasteiger partial charge in [-0.2, -0.15) is 0 Å². The molecule has 108 valence electrons. The van der Waals surface area contributed by atoms with Crippen LogP contribution in [0.15, 0.2) is 30.6 Å². The van der Waals surface area contributed by atoms with Crippen LogP contribution in [-0.4, -0.2) is 27.9 Å². The van der Waals surface area contributed by atoms with Gasteiger partial charge in [0, 0.05) is 30.1 Å². The van der Waals surface area contributed by atoms with Gasteiger partial charge in [-0.3, -0.25) is 14.9 Å². The molecule has 1 aromatic heterocycles. The number of benzene rings is 1. The molecule has 1 N–H and O–H groups in total. The van der Waals surface area contributed by atoms with E-state index < -0.39 is 10.8 Å². The average molecular weight is 309 g/mol. The zero-order chi connectivity index (χ0) is 15.4. The number of carbonyl (C=O) groups excluding carboxylic acids is 1. The van der Waals surface area contributed by atoms with Gasteiger partial charge < -0.3 is 10.1 Å². The van der Waals surface area contributed by atoms with Crippen molar-refractivity contribution in [3.8, 4) is 5.75 Å². The van der Waals surface area contributed by atoms with Crippen molar-refractivity contribution in [3.63, 3.8) is 0 Å². The van der Waals surface area contributed by atoms with E-state index in [9.17, 15) is 14.9 Å². The van der Waals surface area contributed by atoms with Crippen molar-refractivity contribution in [1.29, 1.82) is 0 Å². The molecule has 2 aromatic rings. The second-order valence-corrected chi connectivity index (χ2v) is 4.15. The zero-order valence-corrected chi connectivity index (χ0v) is 11.5. The third-order valence-corrected chi connectivity index (χ3v) is 2.80. The van der Waals surface area contributed by atoms with E-state index >= 15 is 0 Å². The summed E-state index contributed by atoms with van der Waals surface area (Å²) in [6.07, 6.45) is 2.75. The number of nitro benzene ring substituents is 1. The van der Waals surface area contributed by atoms with Gasteiger partial charge in [-0.05, 0) is 6.07 Å². The van der Waals surface area contributed by atoms with E-state index in [0.29, 0.717) is 0 Å². The molecule has 1 amide bonds. The quantitative estimate of drug-likeness (QED) is 0.686. The number of halogens is 1. The van der Waals surface area contributed by atoms with Crippen LogP contribution in [0.3, 0.4) is 0 Å². The number of rotatable bonds is 4. The third-order valence-electron chi connectivity index (χ3n) is 2.52. The van der Waals surface area contributed by atoms with Crippen molar-refractivity contribution in [2.45, 2.75) is 0 Å². The summed E-state index contributed by atoms with van der Waals surface area (Å²) in [5, 5.41) is 13.3. The Morgan fingerprint density at radius 3 is 2.71 bits per heavy atom. The Morgan fingerprint density at radius 1 is 1.38 bits per heavy atom. The van der Waals surface area contributed by atoms with E-state index in [4.69, 9.17) is 16.3 Å². The number of nitrogens with zero attached hydrogens (tertiary/aromatic N) is 3. The molecule has 9 heteroatoms. The molecule has 0 unspecified atom stereocenters. The number of nitro groups is 1. The van der Waals surface area contributed by atoms with Gasteiger partial charge in [0.2, 0.25) is 0 Å². The number of hydrogen-bond acceptors (Lipinski definition) is 6. The molecule has 8 nitrogen and oxygen atoms in total. The van der Waals surface area contributed by atoms with Gasteiger partial charge in [-0.25, -0.2) is 9.97 Å². The highest BCUT2D eigenvalue weighted by atomic mass is 35.5. The lowest BCUT2D eigenvalue weighted by molar-refractivity contribution is -0.385. The van der Waals surface area contributed by atoms with Gasteiger partial charge in [0.15, 0.2) is 16.7 Å². The van der Waals surface area contributed by atoms with Gasteiger partial charge in [0.05, 0.1) is 12.0 Å². The molecule has 0 bridgehead atoms. The topological polar surface area (TPSA) is 107 Å². The van der Waals surface area contributed by atoms with Crippen molar-refractivity contribution < 1.29 is 14.5 Å². The molecule has 0 saturated carbocycles. The van der Waals surface area contributed by atoms with Crippen LogP contribution in [-0.2, 0) is 0 Å². The van der Waals surface area contributed by atoms with Crippen LogP contribution in [0.2, 0.25) is 5.15 Å². The summed E-state index contributed by atoms with van der Waals surface area (Å²) < 4.78 is 4.90. The van der Waals surface area contributed by atoms with Crippen LogP contribution >= 0.6 is 11.6 Å². The fraction of sp³-hybridized carbons (Fsp3) is 0.0833. The van der Waals surface area contributed by atoms with Crippen molar-refractivity contribution in [1.82, 2.24) is 9.97 Å². The SMILES string of the molecule is COc1cc(C(=O)Nc2nccnc2Cl)ccc1[N+](=O)[O-]. The molecule has 1 aromatic carbocycles. The minimum atomic E-state index is -0.597. The summed E-state index contributed by atoms with van der Waals surface area (Å²) in [6.45, 7) is 0. The zero-order valence-electron chi connectivity index (χ0n) is 10.7. The van der Waals surface area contributed by atoms with Gasteiger partial charge in [0.1, 0.15) is 0 Å². The van der Waals surface area contributed by atoms with Gasteiger partial charge in [-0.1, -0.05) is 11.6 Å². The van der Waals surface area contributed by atoms with Crippen LogP contribution in [0.25, 0.3) is 0 Å². The van der Waals surface area contributed by atoms with Crippen molar-refractivity contribution in [3.05, 3.63) is 51.4 Å². The number of hydrogen-bond donors (Lipinski definition) is 1. The highest BCUT2D eigenvalue weighted by Gasteiger charge is 2.18. The predicted molar refractivity (Wildman–Crippen MR) is 74.6 cm³/mol. The Morgan fingerprint density at radius 2 is 2.10 bits per heavy atom. The van der Waals surface area contributed by atoms with Gasteiger partial charge >= 0.3 is 5.69 Å². The van der Waals surface area contributed by atoms with E-state index in [0.717, 1.165) is 0 Å². The molecule has 0 aliphatic rings. The first-order valence-electron chi connectivity index (χ1n) is 5.63. The maximum Gasteiger partial charge on any atom is 0.310 e. The second kappa shape index (κ2) is 6.14. The Labute approximate surface area is 123 Å². The van der Waals surface area contributed by atoms with Crippen molar-refractivity contribution >= 4 is 29.0 Å². The van der Waals surface area contributed by atoms with Gasteiger partial charge in [-0.15, -0.1) is 0 Å². The maximum absolute atomic E-state index is 12.1. The Bertz CT molecular complexity index is 707. The highest BCUT2D eigenvalue weighted by Crippen LogP contribution is 2.28. The Kier molecular flexibility index (Phi) is 4.29. The molecule has 0 radical (unpaired) electrons. The molecule has 0 spiro atoms. The maximum atomic E-state index is 12.1. The fourth-order valence-electron chi connectivity index (χ4n) is 1.55. The average Bonchev–Trinajstić information content (AvgIpc) is 2.48. The molecule has 0 fully saturated rings. The van der Waals surface area contributed by atoms with Crippen LogP contribution in [0, 0.1) is 10.1 Å². The Hall–Kier alpha value is -2.74. The molecule has 0 aliphatic carbocycles. The predicted octanol–water partition coefficient (Wildman–Crippen LogP) is 2.30. The van der Waals surface area contributed by atoms with E-state index in [1.165, 1.54) is 37.7 Å². The highest BCUT2D eigenvalue weighted by molar-refractivity contribution is 6.32. The lowest BCUT2D eigenvalue weighted by atomic mass is 10.2. The summed E-state index contributed by atoms with van der Waals surface area (Å²) in [4.78, 5) is 29.9. The number of anilines is 1. The number of ether oxygens (including phenoxy) is 1. The van der Waals surface area contributed by atoms with E-state index in [2.05, 4.69) is 15.3 Å². The number of amides is 1. The molecule has 21 heavy (non-hydrogen) atoms. The molecule has 0 atom stereocenters. The van der Waals surface area contributed by atoms with E-state index in [1.807, 2.05) is 0 Å². The molecular formula is C12H9ClN4O4. The van der Waals surface area contributed by atoms with Gasteiger partial charge in [0.25, 0.3) is 5.91 Å². The van der Waals surface area contributed by atoms with E-state index in [1.54, 1.807) is 0 Å². The van der Waals surface area contributed by atoms with Crippen LogP contribution in [0.1, 0.15) is 10.4 Å². The summed E-state index contributed by atoms with van der Waals surface area (Å²) in [6, 6.07) is 3.75. The Balaban J connectivity index is 2.28. The summed E-state index contributed by atoms with van der Waals surface area (Å²) >= 11 is 5.78. The lowest BCUT2D eigenvalue weighted by Gasteiger charge is -2.07. The van der Waals surface area contributed by atoms with Crippen LogP contribution < -0.4 is 10.1 Å². The first-order valence-corrected chi connectivity index (χ1v) is 6.01. The monoisotopic (exact) mass is 308 g/mol. The normalized spacial score (nSPS) is 10.0. The molecular weight excluding hydrogens is 300 g/mol. The summed E-state index contributed by atoms with van der Waals surface area (Å²) in [5.74, 6) is -0.454. The molecule has 0 saturated heterocycles.